The summed E-state index contributed by atoms with van der Waals surface area (Å²) in [5, 5.41) is 15.2. The molecule has 0 bridgehead atoms. The Balaban J connectivity index is 1.89. The van der Waals surface area contributed by atoms with Crippen molar-refractivity contribution in [1.29, 1.82) is 0 Å². The number of nitrogens with one attached hydrogen (secondary N) is 1. The number of nitrogens with zero attached hydrogens (tertiary/aromatic N) is 2. The van der Waals surface area contributed by atoms with Crippen molar-refractivity contribution in [3.63, 3.8) is 0 Å². The first kappa shape index (κ1) is 13.3. The van der Waals surface area contributed by atoms with Crippen molar-refractivity contribution in [1.82, 2.24) is 4.98 Å². The van der Waals surface area contributed by atoms with E-state index in [9.17, 15) is 10.1 Å². The molecule has 6 nitrogen and oxygen atoms in total. The predicted octanol–water partition coefficient (Wildman–Crippen LogP) is 3.10. The van der Waals surface area contributed by atoms with Crippen LogP contribution in [0, 0.1) is 17.0 Å². The molecular formula is C13H15N3O3S. The summed E-state index contributed by atoms with van der Waals surface area (Å²) in [5.41, 5.74) is 1.41. The zero-order chi connectivity index (χ0) is 14.1. The highest BCUT2D eigenvalue weighted by Crippen LogP contribution is 2.33. The van der Waals surface area contributed by atoms with Crippen molar-refractivity contribution in [3.05, 3.63) is 27.3 Å². The van der Waals surface area contributed by atoms with E-state index < -0.39 is 0 Å². The standard InChI is InChI=1S/C13H15N3O3S/c1-8-15-11-5-10(14-7-9-3-2-4-19-9)12(16(17)18)6-13(11)20-8/h5-6,9,14H,2-4,7H2,1H3. The van der Waals surface area contributed by atoms with Gasteiger partial charge in [0.25, 0.3) is 5.69 Å². The Morgan fingerprint density at radius 3 is 3.15 bits per heavy atom. The number of hydrogen-bond donors (Lipinski definition) is 1. The van der Waals surface area contributed by atoms with E-state index in [-0.39, 0.29) is 16.7 Å². The minimum atomic E-state index is -0.355. The number of thiazole rings is 1. The van der Waals surface area contributed by atoms with Gasteiger partial charge in [-0.05, 0) is 25.8 Å². The third-order valence-corrected chi connectivity index (χ3v) is 4.29. The Bertz CT molecular complexity index is 650. The van der Waals surface area contributed by atoms with E-state index >= 15 is 0 Å². The largest absolute Gasteiger partial charge is 0.377 e. The number of nitro benzene ring substituents is 1. The Morgan fingerprint density at radius 2 is 2.45 bits per heavy atom. The second kappa shape index (κ2) is 5.34. The van der Waals surface area contributed by atoms with Crippen molar-refractivity contribution < 1.29 is 9.66 Å². The van der Waals surface area contributed by atoms with Gasteiger partial charge in [-0.3, -0.25) is 10.1 Å². The zero-order valence-corrected chi connectivity index (χ0v) is 11.9. The number of ether oxygens (including phenoxy) is 1. The fourth-order valence-corrected chi connectivity index (χ4v) is 3.24. The van der Waals surface area contributed by atoms with Gasteiger partial charge in [-0.2, -0.15) is 0 Å². The lowest BCUT2D eigenvalue weighted by Crippen LogP contribution is -2.18. The van der Waals surface area contributed by atoms with Crippen LogP contribution in [0.3, 0.4) is 0 Å². The molecule has 1 aromatic carbocycles. The molecule has 0 saturated carbocycles. The van der Waals surface area contributed by atoms with Crippen LogP contribution in [0.5, 0.6) is 0 Å². The topological polar surface area (TPSA) is 77.3 Å². The quantitative estimate of drug-likeness (QED) is 0.692. The molecule has 1 aliphatic rings. The molecule has 0 amide bonds. The molecule has 1 saturated heterocycles. The van der Waals surface area contributed by atoms with Gasteiger partial charge in [0.1, 0.15) is 5.69 Å². The maximum atomic E-state index is 11.2. The molecule has 1 atom stereocenters. The fourth-order valence-electron chi connectivity index (χ4n) is 2.40. The van der Waals surface area contributed by atoms with E-state index in [0.29, 0.717) is 12.2 Å². The summed E-state index contributed by atoms with van der Waals surface area (Å²) in [7, 11) is 0. The number of rotatable bonds is 4. The molecule has 1 aliphatic heterocycles. The van der Waals surface area contributed by atoms with Crippen LogP contribution < -0.4 is 5.32 Å². The molecule has 106 valence electrons. The number of aryl methyl sites for hydroxylation is 1. The van der Waals surface area contributed by atoms with Crippen LogP contribution >= 0.6 is 11.3 Å². The van der Waals surface area contributed by atoms with Crippen LogP contribution in [0.1, 0.15) is 17.8 Å². The minimum Gasteiger partial charge on any atom is -0.377 e. The lowest BCUT2D eigenvalue weighted by atomic mass is 10.2. The first-order valence-corrected chi connectivity index (χ1v) is 7.36. The molecule has 20 heavy (non-hydrogen) atoms. The molecule has 2 aromatic rings. The summed E-state index contributed by atoms with van der Waals surface area (Å²) in [6.45, 7) is 3.27. The third-order valence-electron chi connectivity index (χ3n) is 3.35. The fraction of sp³-hybridized carbons (Fsp3) is 0.462. The van der Waals surface area contributed by atoms with E-state index in [4.69, 9.17) is 4.74 Å². The van der Waals surface area contributed by atoms with Crippen LogP contribution in [0.4, 0.5) is 11.4 Å². The normalized spacial score (nSPS) is 18.6. The average molecular weight is 293 g/mol. The number of benzene rings is 1. The van der Waals surface area contributed by atoms with Crippen molar-refractivity contribution in [2.75, 3.05) is 18.5 Å². The third kappa shape index (κ3) is 2.59. The molecule has 0 radical (unpaired) electrons. The van der Waals surface area contributed by atoms with Gasteiger partial charge in [0.2, 0.25) is 0 Å². The average Bonchev–Trinajstić information content (AvgIpc) is 3.02. The van der Waals surface area contributed by atoms with E-state index in [1.807, 2.05) is 6.92 Å². The van der Waals surface area contributed by atoms with Crippen LogP contribution in [0.2, 0.25) is 0 Å². The highest BCUT2D eigenvalue weighted by Gasteiger charge is 2.20. The van der Waals surface area contributed by atoms with Gasteiger partial charge in [-0.1, -0.05) is 0 Å². The van der Waals surface area contributed by atoms with Crippen molar-refractivity contribution in [2.24, 2.45) is 0 Å². The van der Waals surface area contributed by atoms with Crippen molar-refractivity contribution >= 4 is 32.9 Å². The number of aromatic nitrogens is 1. The smallest absolute Gasteiger partial charge is 0.293 e. The predicted molar refractivity (Wildman–Crippen MR) is 78.5 cm³/mol. The highest BCUT2D eigenvalue weighted by molar-refractivity contribution is 7.18. The molecule has 7 heteroatoms. The molecular weight excluding hydrogens is 278 g/mol. The van der Waals surface area contributed by atoms with Gasteiger partial charge in [-0.15, -0.1) is 11.3 Å². The molecule has 1 N–H and O–H groups in total. The van der Waals surface area contributed by atoms with Gasteiger partial charge in [0.15, 0.2) is 0 Å². The molecule has 1 fully saturated rings. The van der Waals surface area contributed by atoms with E-state index in [1.54, 1.807) is 12.1 Å². The Hall–Kier alpha value is -1.73. The summed E-state index contributed by atoms with van der Waals surface area (Å²) in [5.74, 6) is 0. The second-order valence-electron chi connectivity index (χ2n) is 4.84. The van der Waals surface area contributed by atoms with Crippen molar-refractivity contribution in [2.45, 2.75) is 25.9 Å². The maximum Gasteiger partial charge on any atom is 0.293 e. The number of nitro groups is 1. The first-order chi connectivity index (χ1) is 9.63. The molecule has 0 spiro atoms. The molecule has 0 aliphatic carbocycles. The minimum absolute atomic E-state index is 0.0964. The summed E-state index contributed by atoms with van der Waals surface area (Å²) in [4.78, 5) is 15.2. The van der Waals surface area contributed by atoms with E-state index in [1.165, 1.54) is 11.3 Å². The monoisotopic (exact) mass is 293 g/mol. The summed E-state index contributed by atoms with van der Waals surface area (Å²) in [6.07, 6.45) is 2.19. The van der Waals surface area contributed by atoms with E-state index in [2.05, 4.69) is 10.3 Å². The highest BCUT2D eigenvalue weighted by atomic mass is 32.1. The lowest BCUT2D eigenvalue weighted by Gasteiger charge is -2.12. The maximum absolute atomic E-state index is 11.2. The Morgan fingerprint density at radius 1 is 1.60 bits per heavy atom. The lowest BCUT2D eigenvalue weighted by molar-refractivity contribution is -0.383. The van der Waals surface area contributed by atoms with Crippen LogP contribution in [0.25, 0.3) is 10.2 Å². The van der Waals surface area contributed by atoms with Gasteiger partial charge in [0, 0.05) is 19.2 Å². The first-order valence-electron chi connectivity index (χ1n) is 6.54. The van der Waals surface area contributed by atoms with Gasteiger partial charge >= 0.3 is 0 Å². The van der Waals surface area contributed by atoms with Crippen LogP contribution in [-0.4, -0.2) is 29.2 Å². The summed E-state index contributed by atoms with van der Waals surface area (Å²) < 4.78 is 6.37. The molecule has 1 aromatic heterocycles. The number of fused-ring (bicyclic) bond motifs is 1. The van der Waals surface area contributed by atoms with E-state index in [0.717, 1.165) is 34.7 Å². The van der Waals surface area contributed by atoms with Crippen LogP contribution in [-0.2, 0) is 4.74 Å². The number of anilines is 1. The summed E-state index contributed by atoms with van der Waals surface area (Å²) >= 11 is 1.47. The zero-order valence-electron chi connectivity index (χ0n) is 11.1. The van der Waals surface area contributed by atoms with Gasteiger partial charge in [0.05, 0.1) is 26.3 Å². The molecule has 3 rings (SSSR count). The SMILES string of the molecule is Cc1nc2cc(NCC3CCCO3)c([N+](=O)[O-])cc2s1. The molecule has 1 unspecified atom stereocenters. The summed E-state index contributed by atoms with van der Waals surface area (Å²) in [6, 6.07) is 3.35. The molecule has 2 heterocycles. The van der Waals surface area contributed by atoms with Gasteiger partial charge < -0.3 is 10.1 Å². The van der Waals surface area contributed by atoms with Crippen molar-refractivity contribution in [3.8, 4) is 0 Å². The second-order valence-corrected chi connectivity index (χ2v) is 6.08. The van der Waals surface area contributed by atoms with Gasteiger partial charge in [-0.25, -0.2) is 4.98 Å². The Labute approximate surface area is 119 Å². The van der Waals surface area contributed by atoms with Crippen LogP contribution in [0.15, 0.2) is 12.1 Å². The Kier molecular flexibility index (Phi) is 3.54. The number of hydrogen-bond acceptors (Lipinski definition) is 6.